The van der Waals surface area contributed by atoms with Crippen molar-refractivity contribution in [3.8, 4) is 0 Å². The van der Waals surface area contributed by atoms with E-state index in [-0.39, 0.29) is 12.4 Å². The maximum Gasteiger partial charge on any atom is 0.143 e. The standard InChI is InChI=1S/C12H20N4O/c1-2-3-7-16(8-9-17)10-5-4-6-15-11(10)12(13)14/h4-6,17H,2-3,7-9H2,1H3,(H3,13,14). The van der Waals surface area contributed by atoms with E-state index >= 15 is 0 Å². The van der Waals surface area contributed by atoms with E-state index in [9.17, 15) is 0 Å². The van der Waals surface area contributed by atoms with Crippen molar-refractivity contribution in [3.05, 3.63) is 24.0 Å². The van der Waals surface area contributed by atoms with Gasteiger partial charge in [0.2, 0.25) is 0 Å². The topological polar surface area (TPSA) is 86.2 Å². The molecule has 0 bridgehead atoms. The number of nitrogens with zero attached hydrogens (tertiary/aromatic N) is 2. The number of nitrogens with one attached hydrogen (secondary N) is 1. The Labute approximate surface area is 102 Å². The van der Waals surface area contributed by atoms with Crippen LogP contribution < -0.4 is 10.6 Å². The fourth-order valence-corrected chi connectivity index (χ4v) is 1.68. The lowest BCUT2D eigenvalue weighted by atomic mass is 10.2. The van der Waals surface area contributed by atoms with Gasteiger partial charge in [-0.3, -0.25) is 10.4 Å². The van der Waals surface area contributed by atoms with Crippen LogP contribution in [0.25, 0.3) is 0 Å². The summed E-state index contributed by atoms with van der Waals surface area (Å²) in [4.78, 5) is 6.14. The summed E-state index contributed by atoms with van der Waals surface area (Å²) in [6.45, 7) is 3.57. The number of nitrogen functional groups attached to an aromatic ring is 1. The van der Waals surface area contributed by atoms with Gasteiger partial charge in [-0.25, -0.2) is 0 Å². The lowest BCUT2D eigenvalue weighted by molar-refractivity contribution is 0.301. The zero-order valence-corrected chi connectivity index (χ0v) is 10.2. The van der Waals surface area contributed by atoms with Crippen LogP contribution in [0.3, 0.4) is 0 Å². The fraction of sp³-hybridized carbons (Fsp3) is 0.500. The van der Waals surface area contributed by atoms with Crippen LogP contribution in [0.5, 0.6) is 0 Å². The smallest absolute Gasteiger partial charge is 0.143 e. The molecule has 0 atom stereocenters. The fourth-order valence-electron chi connectivity index (χ4n) is 1.68. The van der Waals surface area contributed by atoms with Gasteiger partial charge in [-0.1, -0.05) is 13.3 Å². The first-order valence-corrected chi connectivity index (χ1v) is 5.86. The van der Waals surface area contributed by atoms with Crippen molar-refractivity contribution in [1.82, 2.24) is 4.98 Å². The van der Waals surface area contributed by atoms with Crippen molar-refractivity contribution in [1.29, 1.82) is 5.41 Å². The van der Waals surface area contributed by atoms with Gasteiger partial charge in [0.25, 0.3) is 0 Å². The predicted molar refractivity (Wildman–Crippen MR) is 69.5 cm³/mol. The van der Waals surface area contributed by atoms with E-state index in [1.807, 2.05) is 17.0 Å². The molecule has 94 valence electrons. The molecular formula is C12H20N4O. The minimum absolute atomic E-state index is 0.0416. The summed E-state index contributed by atoms with van der Waals surface area (Å²) in [7, 11) is 0. The molecule has 0 aromatic carbocycles. The lowest BCUT2D eigenvalue weighted by Gasteiger charge is -2.25. The van der Waals surface area contributed by atoms with E-state index in [2.05, 4.69) is 11.9 Å². The monoisotopic (exact) mass is 236 g/mol. The van der Waals surface area contributed by atoms with Gasteiger partial charge in [0.15, 0.2) is 0 Å². The number of pyridine rings is 1. The first-order chi connectivity index (χ1) is 8.20. The average Bonchev–Trinajstić information content (AvgIpc) is 2.34. The van der Waals surface area contributed by atoms with E-state index in [0.717, 1.165) is 25.1 Å². The van der Waals surface area contributed by atoms with E-state index < -0.39 is 0 Å². The van der Waals surface area contributed by atoms with Gasteiger partial charge < -0.3 is 15.7 Å². The molecule has 0 aliphatic carbocycles. The van der Waals surface area contributed by atoms with Crippen LogP contribution in [0.15, 0.2) is 18.3 Å². The van der Waals surface area contributed by atoms with Crippen molar-refractivity contribution >= 4 is 11.5 Å². The Kier molecular flexibility index (Phi) is 5.42. The van der Waals surface area contributed by atoms with Crippen molar-refractivity contribution in [3.63, 3.8) is 0 Å². The highest BCUT2D eigenvalue weighted by Crippen LogP contribution is 2.18. The van der Waals surface area contributed by atoms with Crippen molar-refractivity contribution in [2.45, 2.75) is 19.8 Å². The summed E-state index contributed by atoms with van der Waals surface area (Å²) in [5.74, 6) is -0.0416. The third kappa shape index (κ3) is 3.71. The van der Waals surface area contributed by atoms with E-state index in [4.69, 9.17) is 16.2 Å². The zero-order chi connectivity index (χ0) is 12.7. The van der Waals surface area contributed by atoms with Crippen LogP contribution in [-0.2, 0) is 0 Å². The number of rotatable bonds is 7. The highest BCUT2D eigenvalue weighted by atomic mass is 16.3. The van der Waals surface area contributed by atoms with Gasteiger partial charge in [0.1, 0.15) is 11.5 Å². The van der Waals surface area contributed by atoms with Crippen molar-refractivity contribution in [2.75, 3.05) is 24.6 Å². The van der Waals surface area contributed by atoms with E-state index in [0.29, 0.717) is 12.2 Å². The number of anilines is 1. The molecule has 1 aromatic rings. The number of aliphatic hydroxyl groups is 1. The molecule has 0 saturated carbocycles. The third-order valence-corrected chi connectivity index (χ3v) is 2.53. The second-order valence-corrected chi connectivity index (χ2v) is 3.85. The molecule has 5 heteroatoms. The second-order valence-electron chi connectivity index (χ2n) is 3.85. The molecule has 4 N–H and O–H groups in total. The van der Waals surface area contributed by atoms with Crippen LogP contribution in [0, 0.1) is 5.41 Å². The SMILES string of the molecule is CCCCN(CCO)c1cccnc1C(=N)N. The first kappa shape index (κ1) is 13.4. The minimum atomic E-state index is -0.0416. The summed E-state index contributed by atoms with van der Waals surface area (Å²) in [6.07, 6.45) is 3.74. The maximum absolute atomic E-state index is 9.08. The van der Waals surface area contributed by atoms with E-state index in [1.165, 1.54) is 0 Å². The van der Waals surface area contributed by atoms with Gasteiger partial charge in [0, 0.05) is 19.3 Å². The number of hydrogen-bond acceptors (Lipinski definition) is 4. The molecule has 0 aliphatic heterocycles. The number of unbranched alkanes of at least 4 members (excludes halogenated alkanes) is 1. The number of nitrogens with two attached hydrogens (primary N) is 1. The van der Waals surface area contributed by atoms with Crippen molar-refractivity contribution in [2.24, 2.45) is 5.73 Å². The van der Waals surface area contributed by atoms with Gasteiger partial charge in [-0.05, 0) is 18.6 Å². The van der Waals surface area contributed by atoms with Gasteiger partial charge >= 0.3 is 0 Å². The Morgan fingerprint density at radius 2 is 2.29 bits per heavy atom. The largest absolute Gasteiger partial charge is 0.395 e. The quantitative estimate of drug-likeness (QED) is 0.486. The van der Waals surface area contributed by atoms with Gasteiger partial charge in [-0.15, -0.1) is 0 Å². The number of hydrogen-bond donors (Lipinski definition) is 3. The normalized spacial score (nSPS) is 10.2. The van der Waals surface area contributed by atoms with Crippen LogP contribution in [0.1, 0.15) is 25.5 Å². The zero-order valence-electron chi connectivity index (χ0n) is 10.2. The van der Waals surface area contributed by atoms with Crippen LogP contribution in [-0.4, -0.2) is 35.6 Å². The number of amidine groups is 1. The van der Waals surface area contributed by atoms with E-state index in [1.54, 1.807) is 6.20 Å². The molecule has 0 spiro atoms. The molecule has 0 saturated heterocycles. The molecule has 0 radical (unpaired) electrons. The summed E-state index contributed by atoms with van der Waals surface area (Å²) in [5, 5.41) is 16.6. The second kappa shape index (κ2) is 6.85. The molecule has 5 nitrogen and oxygen atoms in total. The lowest BCUT2D eigenvalue weighted by Crippen LogP contribution is -2.30. The summed E-state index contributed by atoms with van der Waals surface area (Å²) in [6, 6.07) is 3.70. The molecule has 0 amide bonds. The molecule has 17 heavy (non-hydrogen) atoms. The summed E-state index contributed by atoms with van der Waals surface area (Å²) in [5.41, 5.74) is 6.81. The average molecular weight is 236 g/mol. The Morgan fingerprint density at radius 3 is 2.88 bits per heavy atom. The highest BCUT2D eigenvalue weighted by Gasteiger charge is 2.12. The van der Waals surface area contributed by atoms with Crippen molar-refractivity contribution < 1.29 is 5.11 Å². The third-order valence-electron chi connectivity index (χ3n) is 2.53. The molecule has 1 rings (SSSR count). The first-order valence-electron chi connectivity index (χ1n) is 5.86. The number of aromatic nitrogens is 1. The molecule has 0 aliphatic rings. The Hall–Kier alpha value is -1.62. The Bertz CT molecular complexity index is 367. The Balaban J connectivity index is 2.95. The Morgan fingerprint density at radius 1 is 1.53 bits per heavy atom. The van der Waals surface area contributed by atoms with Gasteiger partial charge in [0.05, 0.1) is 12.3 Å². The number of aliphatic hydroxyl groups excluding tert-OH is 1. The minimum Gasteiger partial charge on any atom is -0.395 e. The van der Waals surface area contributed by atoms with Crippen LogP contribution >= 0.6 is 0 Å². The van der Waals surface area contributed by atoms with Gasteiger partial charge in [-0.2, -0.15) is 0 Å². The predicted octanol–water partition coefficient (Wildman–Crippen LogP) is 0.964. The molecule has 0 unspecified atom stereocenters. The summed E-state index contributed by atoms with van der Waals surface area (Å²) >= 11 is 0. The van der Waals surface area contributed by atoms with Crippen LogP contribution in [0.2, 0.25) is 0 Å². The highest BCUT2D eigenvalue weighted by molar-refractivity contribution is 5.98. The molecule has 0 fully saturated rings. The summed E-state index contributed by atoms with van der Waals surface area (Å²) < 4.78 is 0. The van der Waals surface area contributed by atoms with Crippen LogP contribution in [0.4, 0.5) is 5.69 Å². The molecule has 1 aromatic heterocycles. The molecule has 1 heterocycles. The molecular weight excluding hydrogens is 216 g/mol. The maximum atomic E-state index is 9.08.